The van der Waals surface area contributed by atoms with Crippen LogP contribution in [0.3, 0.4) is 0 Å². The van der Waals surface area contributed by atoms with Crippen LogP contribution in [-0.4, -0.2) is 64.8 Å². The number of hydrogen-bond donors (Lipinski definition) is 0. The maximum absolute atomic E-state index is 13.7. The number of aromatic nitrogens is 1. The highest BCUT2D eigenvalue weighted by molar-refractivity contribution is 6.15. The Hall–Kier alpha value is -3.35. The summed E-state index contributed by atoms with van der Waals surface area (Å²) in [5, 5.41) is 0. The van der Waals surface area contributed by atoms with Crippen LogP contribution in [0.25, 0.3) is 0 Å². The van der Waals surface area contributed by atoms with Gasteiger partial charge in [-0.25, -0.2) is 0 Å². The zero-order valence-electron chi connectivity index (χ0n) is 22.0. The predicted molar refractivity (Wildman–Crippen MR) is 147 cm³/mol. The Morgan fingerprint density at radius 2 is 1.79 bits per heavy atom. The fourth-order valence-corrected chi connectivity index (χ4v) is 6.94. The Labute approximate surface area is 224 Å². The number of rotatable bonds is 4. The summed E-state index contributed by atoms with van der Waals surface area (Å²) in [5.41, 5.74) is 9.36. The molecule has 2 atom stereocenters. The van der Waals surface area contributed by atoms with Crippen LogP contribution >= 0.6 is 0 Å². The number of amides is 1. The largest absolute Gasteiger partial charge is 0.381 e. The second-order valence-corrected chi connectivity index (χ2v) is 11.2. The van der Waals surface area contributed by atoms with Crippen LogP contribution in [0.5, 0.6) is 0 Å². The minimum atomic E-state index is 0.171. The molecule has 2 aromatic carbocycles. The molecule has 0 aliphatic carbocycles. The zero-order valence-corrected chi connectivity index (χ0v) is 22.0. The third-order valence-corrected chi connectivity index (χ3v) is 8.91. The van der Waals surface area contributed by atoms with Crippen LogP contribution in [0.2, 0.25) is 0 Å². The minimum Gasteiger partial charge on any atom is -0.381 e. The van der Waals surface area contributed by atoms with Gasteiger partial charge in [-0.05, 0) is 60.2 Å². The van der Waals surface area contributed by atoms with E-state index in [0.717, 1.165) is 56.1 Å². The highest BCUT2D eigenvalue weighted by Crippen LogP contribution is 2.37. The van der Waals surface area contributed by atoms with Crippen molar-refractivity contribution in [3.63, 3.8) is 0 Å². The first-order valence-electron chi connectivity index (χ1n) is 13.9. The second kappa shape index (κ2) is 9.75. The van der Waals surface area contributed by atoms with E-state index in [1.165, 1.54) is 27.8 Å². The standard InChI is InChI=1S/C32H34N4O2/c1-21-13-23(7-10-33-21)32-28-15-26-18-36(31(37)16-24(26)14-25(28)17-34-32)30-20-35(27-8-11-38-12-9-27)19-29(30)22-5-3-2-4-6-22/h2-7,10,13-15,27,29-30H,8-9,11-12,16-20H2,1H3/t29-,30+/m0/s1. The van der Waals surface area contributed by atoms with E-state index in [9.17, 15) is 4.79 Å². The minimum absolute atomic E-state index is 0.171. The number of hydrogen-bond acceptors (Lipinski definition) is 5. The van der Waals surface area contributed by atoms with E-state index in [4.69, 9.17) is 9.73 Å². The van der Waals surface area contributed by atoms with Crippen molar-refractivity contribution < 1.29 is 9.53 Å². The molecule has 6 heteroatoms. The Morgan fingerprint density at radius 1 is 0.947 bits per heavy atom. The predicted octanol–water partition coefficient (Wildman–Crippen LogP) is 4.27. The molecule has 4 aliphatic heterocycles. The van der Waals surface area contributed by atoms with Crippen LogP contribution in [0.4, 0.5) is 0 Å². The van der Waals surface area contributed by atoms with Gasteiger partial charge in [0.2, 0.25) is 5.91 Å². The average molecular weight is 507 g/mol. The van der Waals surface area contributed by atoms with Gasteiger partial charge in [-0.1, -0.05) is 36.4 Å². The summed E-state index contributed by atoms with van der Waals surface area (Å²) in [7, 11) is 0. The van der Waals surface area contributed by atoms with Gasteiger partial charge in [0.1, 0.15) is 0 Å². The maximum Gasteiger partial charge on any atom is 0.227 e. The van der Waals surface area contributed by atoms with Crippen LogP contribution < -0.4 is 0 Å². The van der Waals surface area contributed by atoms with Gasteiger partial charge in [-0.2, -0.15) is 0 Å². The summed E-state index contributed by atoms with van der Waals surface area (Å²) in [5.74, 6) is 0.567. The lowest BCUT2D eigenvalue weighted by Crippen LogP contribution is -2.47. The van der Waals surface area contributed by atoms with E-state index < -0.39 is 0 Å². The van der Waals surface area contributed by atoms with Gasteiger partial charge < -0.3 is 9.64 Å². The molecule has 0 N–H and O–H groups in total. The molecule has 0 bridgehead atoms. The molecule has 0 spiro atoms. The van der Waals surface area contributed by atoms with Gasteiger partial charge in [0.15, 0.2) is 0 Å². The van der Waals surface area contributed by atoms with Crippen molar-refractivity contribution in [2.24, 2.45) is 4.99 Å². The van der Waals surface area contributed by atoms with E-state index in [1.54, 1.807) is 0 Å². The van der Waals surface area contributed by atoms with Crippen molar-refractivity contribution in [3.8, 4) is 0 Å². The Bertz CT molecular complexity index is 1400. The normalized spacial score (nSPS) is 23.9. The quantitative estimate of drug-likeness (QED) is 0.530. The highest BCUT2D eigenvalue weighted by Gasteiger charge is 2.43. The molecule has 7 rings (SSSR count). The lowest BCUT2D eigenvalue weighted by molar-refractivity contribution is -0.134. The van der Waals surface area contributed by atoms with E-state index in [-0.39, 0.29) is 11.9 Å². The topological polar surface area (TPSA) is 58.0 Å². The number of carbonyl (C=O) groups is 1. The van der Waals surface area contributed by atoms with E-state index in [1.807, 2.05) is 19.2 Å². The number of benzene rings is 2. The number of aryl methyl sites for hydroxylation is 1. The van der Waals surface area contributed by atoms with Crippen molar-refractivity contribution in [1.29, 1.82) is 0 Å². The highest BCUT2D eigenvalue weighted by atomic mass is 16.5. The van der Waals surface area contributed by atoms with E-state index in [2.05, 4.69) is 63.3 Å². The van der Waals surface area contributed by atoms with Crippen molar-refractivity contribution >= 4 is 11.6 Å². The molecule has 0 unspecified atom stereocenters. The number of carbonyl (C=O) groups excluding carboxylic acids is 1. The molecule has 2 fully saturated rings. The van der Waals surface area contributed by atoms with Gasteiger partial charge in [-0.3, -0.25) is 19.7 Å². The molecule has 1 amide bonds. The van der Waals surface area contributed by atoms with Gasteiger partial charge in [0, 0.05) is 67.8 Å². The number of fused-ring (bicyclic) bond motifs is 2. The number of ether oxygens (including phenoxy) is 1. The van der Waals surface area contributed by atoms with Crippen molar-refractivity contribution in [2.45, 2.75) is 57.3 Å². The Balaban J connectivity index is 1.20. The molecule has 2 saturated heterocycles. The number of pyridine rings is 1. The average Bonchev–Trinajstić information content (AvgIpc) is 3.57. The molecular weight excluding hydrogens is 472 g/mol. The zero-order chi connectivity index (χ0) is 25.6. The molecule has 0 radical (unpaired) electrons. The Kier molecular flexibility index (Phi) is 6.09. The molecule has 3 aromatic rings. The molecule has 6 nitrogen and oxygen atoms in total. The monoisotopic (exact) mass is 506 g/mol. The van der Waals surface area contributed by atoms with Crippen molar-refractivity contribution in [3.05, 3.63) is 99.9 Å². The van der Waals surface area contributed by atoms with Gasteiger partial charge in [-0.15, -0.1) is 0 Å². The molecule has 194 valence electrons. The molecule has 4 aliphatic rings. The summed E-state index contributed by atoms with van der Waals surface area (Å²) in [6.45, 7) is 6.96. The van der Waals surface area contributed by atoms with Crippen molar-refractivity contribution in [2.75, 3.05) is 26.3 Å². The molecular formula is C32H34N4O2. The van der Waals surface area contributed by atoms with E-state index in [0.29, 0.717) is 31.5 Å². The van der Waals surface area contributed by atoms with Gasteiger partial charge >= 0.3 is 0 Å². The first kappa shape index (κ1) is 23.7. The third kappa shape index (κ3) is 4.26. The Morgan fingerprint density at radius 3 is 2.61 bits per heavy atom. The summed E-state index contributed by atoms with van der Waals surface area (Å²) in [6.07, 6.45) is 4.49. The summed E-state index contributed by atoms with van der Waals surface area (Å²) in [6, 6.07) is 20.2. The first-order valence-corrected chi connectivity index (χ1v) is 13.9. The summed E-state index contributed by atoms with van der Waals surface area (Å²) in [4.78, 5) is 27.7. The third-order valence-electron chi connectivity index (χ3n) is 8.91. The van der Waals surface area contributed by atoms with Crippen LogP contribution in [0.15, 0.2) is 65.8 Å². The van der Waals surface area contributed by atoms with Gasteiger partial charge in [0.05, 0.1) is 24.7 Å². The van der Waals surface area contributed by atoms with Gasteiger partial charge in [0.25, 0.3) is 0 Å². The molecule has 5 heterocycles. The lowest BCUT2D eigenvalue weighted by atomic mass is 9.88. The van der Waals surface area contributed by atoms with Crippen molar-refractivity contribution in [1.82, 2.24) is 14.8 Å². The molecule has 0 saturated carbocycles. The fraction of sp³-hybridized carbons (Fsp3) is 0.406. The second-order valence-electron chi connectivity index (χ2n) is 11.2. The van der Waals surface area contributed by atoms with Crippen LogP contribution in [0, 0.1) is 6.92 Å². The van der Waals surface area contributed by atoms with E-state index >= 15 is 0 Å². The van der Waals surface area contributed by atoms with Crippen LogP contribution in [0.1, 0.15) is 57.8 Å². The first-order chi connectivity index (χ1) is 18.6. The lowest BCUT2D eigenvalue weighted by Gasteiger charge is -2.37. The molecule has 38 heavy (non-hydrogen) atoms. The summed E-state index contributed by atoms with van der Waals surface area (Å²) < 4.78 is 5.65. The summed E-state index contributed by atoms with van der Waals surface area (Å²) >= 11 is 0. The fourth-order valence-electron chi connectivity index (χ4n) is 6.94. The maximum atomic E-state index is 13.7. The molecule has 1 aromatic heterocycles. The number of aliphatic imine (C=N–C) groups is 1. The number of likely N-dealkylation sites (tertiary alicyclic amines) is 1. The smallest absolute Gasteiger partial charge is 0.227 e. The SMILES string of the molecule is Cc1cc(C2=NCc3cc4c(cc32)CN([C@@H]2CN(C3CCOCC3)C[C@H]2c2ccccc2)C(=O)C4)ccn1. The number of nitrogens with zero attached hydrogens (tertiary/aromatic N) is 4. The van der Waals surface area contributed by atoms with Crippen LogP contribution in [-0.2, 0) is 29.0 Å².